The highest BCUT2D eigenvalue weighted by Crippen LogP contribution is 2.43. The SMILES string of the molecule is C=CC[C@@H](c1ccc2c(c1)OC(F)(F)O2)N1CCNCC1.Cl.Cl. The van der Waals surface area contributed by atoms with Gasteiger partial charge in [-0.05, 0) is 24.1 Å². The Morgan fingerprint density at radius 3 is 2.52 bits per heavy atom. The molecule has 1 fully saturated rings. The topological polar surface area (TPSA) is 33.7 Å². The molecular weight excluding hydrogens is 349 g/mol. The summed E-state index contributed by atoms with van der Waals surface area (Å²) in [5, 5.41) is 3.30. The summed E-state index contributed by atoms with van der Waals surface area (Å²) in [7, 11) is 0. The minimum absolute atomic E-state index is 0. The van der Waals surface area contributed by atoms with Crippen molar-refractivity contribution >= 4 is 24.8 Å². The van der Waals surface area contributed by atoms with Gasteiger partial charge in [0.1, 0.15) is 0 Å². The van der Waals surface area contributed by atoms with E-state index >= 15 is 0 Å². The monoisotopic (exact) mass is 368 g/mol. The van der Waals surface area contributed by atoms with Crippen LogP contribution in [0.25, 0.3) is 0 Å². The molecule has 0 spiro atoms. The molecule has 4 nitrogen and oxygen atoms in total. The molecule has 1 aromatic rings. The van der Waals surface area contributed by atoms with Crippen LogP contribution in [0.3, 0.4) is 0 Å². The van der Waals surface area contributed by atoms with Gasteiger partial charge in [0.2, 0.25) is 0 Å². The summed E-state index contributed by atoms with van der Waals surface area (Å²) < 4.78 is 35.2. The van der Waals surface area contributed by atoms with Crippen LogP contribution in [0, 0.1) is 0 Å². The maximum atomic E-state index is 13.1. The van der Waals surface area contributed by atoms with E-state index in [0.717, 1.165) is 38.2 Å². The van der Waals surface area contributed by atoms with Crippen molar-refractivity contribution in [3.05, 3.63) is 36.4 Å². The second-order valence-corrected chi connectivity index (χ2v) is 5.20. The van der Waals surface area contributed by atoms with Gasteiger partial charge in [-0.3, -0.25) is 4.90 Å². The smallest absolute Gasteiger partial charge is 0.395 e. The van der Waals surface area contributed by atoms with Gasteiger partial charge in [0, 0.05) is 32.2 Å². The first kappa shape index (κ1) is 20.0. The molecule has 3 rings (SSSR count). The minimum atomic E-state index is -3.57. The van der Waals surface area contributed by atoms with Crippen molar-refractivity contribution in [2.24, 2.45) is 0 Å². The molecule has 1 N–H and O–H groups in total. The van der Waals surface area contributed by atoms with Gasteiger partial charge in [0.15, 0.2) is 11.5 Å². The summed E-state index contributed by atoms with van der Waals surface area (Å²) in [5.41, 5.74) is 0.942. The number of alkyl halides is 2. The molecule has 23 heavy (non-hydrogen) atoms. The number of nitrogens with zero attached hydrogens (tertiary/aromatic N) is 1. The lowest BCUT2D eigenvalue weighted by Crippen LogP contribution is -2.45. The van der Waals surface area contributed by atoms with Crippen LogP contribution in [0.15, 0.2) is 30.9 Å². The third kappa shape index (κ3) is 4.47. The van der Waals surface area contributed by atoms with E-state index in [1.165, 1.54) is 0 Å². The van der Waals surface area contributed by atoms with E-state index in [2.05, 4.69) is 26.3 Å². The maximum absolute atomic E-state index is 13.1. The first-order chi connectivity index (χ1) is 10.1. The van der Waals surface area contributed by atoms with Gasteiger partial charge in [-0.25, -0.2) is 0 Å². The largest absolute Gasteiger partial charge is 0.586 e. The number of fused-ring (bicyclic) bond motifs is 1. The van der Waals surface area contributed by atoms with E-state index < -0.39 is 6.29 Å². The normalized spacial score (nSPS) is 20.1. The van der Waals surface area contributed by atoms with E-state index in [9.17, 15) is 8.78 Å². The summed E-state index contributed by atoms with van der Waals surface area (Å²) in [6.07, 6.45) is -0.953. The van der Waals surface area contributed by atoms with Gasteiger partial charge in [-0.15, -0.1) is 40.2 Å². The number of hydrogen-bond donors (Lipinski definition) is 1. The van der Waals surface area contributed by atoms with Crippen LogP contribution < -0.4 is 14.8 Å². The van der Waals surface area contributed by atoms with Crippen LogP contribution in [0.4, 0.5) is 8.78 Å². The Balaban J connectivity index is 0.00000132. The third-order valence-corrected chi connectivity index (χ3v) is 3.79. The van der Waals surface area contributed by atoms with E-state index in [-0.39, 0.29) is 42.4 Å². The zero-order valence-corrected chi connectivity index (χ0v) is 14.1. The fourth-order valence-electron chi connectivity index (χ4n) is 2.82. The van der Waals surface area contributed by atoms with Gasteiger partial charge in [-0.1, -0.05) is 12.1 Å². The predicted octanol–water partition coefficient (Wildman–Crippen LogP) is 3.37. The molecule has 1 aromatic carbocycles. The molecule has 1 saturated heterocycles. The van der Waals surface area contributed by atoms with Crippen LogP contribution in [-0.4, -0.2) is 37.4 Å². The highest BCUT2D eigenvalue weighted by molar-refractivity contribution is 5.85. The quantitative estimate of drug-likeness (QED) is 0.826. The van der Waals surface area contributed by atoms with Gasteiger partial charge in [-0.2, -0.15) is 0 Å². The van der Waals surface area contributed by atoms with Crippen molar-refractivity contribution in [3.63, 3.8) is 0 Å². The van der Waals surface area contributed by atoms with Crippen LogP contribution in [0.1, 0.15) is 18.0 Å². The number of nitrogens with one attached hydrogen (secondary N) is 1. The lowest BCUT2D eigenvalue weighted by Gasteiger charge is -2.34. The zero-order valence-electron chi connectivity index (χ0n) is 12.5. The first-order valence-corrected chi connectivity index (χ1v) is 7.04. The molecule has 0 aliphatic carbocycles. The van der Waals surface area contributed by atoms with E-state index in [1.807, 2.05) is 12.1 Å². The summed E-state index contributed by atoms with van der Waals surface area (Å²) in [5.74, 6) is 0.183. The molecular formula is C15H20Cl2F2N2O2. The van der Waals surface area contributed by atoms with Gasteiger partial charge < -0.3 is 14.8 Å². The Labute approximate surface area is 146 Å². The molecule has 130 valence electrons. The maximum Gasteiger partial charge on any atom is 0.586 e. The number of rotatable bonds is 4. The number of hydrogen-bond acceptors (Lipinski definition) is 4. The molecule has 0 unspecified atom stereocenters. The highest BCUT2D eigenvalue weighted by atomic mass is 35.5. The summed E-state index contributed by atoms with van der Waals surface area (Å²) in [6, 6.07) is 5.13. The Kier molecular flexibility index (Phi) is 7.07. The Hall–Kier alpha value is -1.08. The molecule has 8 heteroatoms. The second kappa shape index (κ2) is 8.15. The van der Waals surface area contributed by atoms with Gasteiger partial charge in [0.25, 0.3) is 0 Å². The lowest BCUT2D eigenvalue weighted by molar-refractivity contribution is -0.286. The third-order valence-electron chi connectivity index (χ3n) is 3.79. The Morgan fingerprint density at radius 1 is 1.22 bits per heavy atom. The average molecular weight is 369 g/mol. The number of ether oxygens (including phenoxy) is 2. The Morgan fingerprint density at radius 2 is 1.87 bits per heavy atom. The van der Waals surface area contributed by atoms with Crippen LogP contribution in [0.5, 0.6) is 11.5 Å². The molecule has 0 amide bonds. The average Bonchev–Trinajstić information content (AvgIpc) is 2.78. The summed E-state index contributed by atoms with van der Waals surface area (Å²) >= 11 is 0. The standard InChI is InChI=1S/C15H18F2N2O2.2ClH/c1-2-3-12(19-8-6-18-7-9-19)11-4-5-13-14(10-11)21-15(16,17)20-13;;/h2,4-5,10,12,18H,1,3,6-9H2;2*1H/t12-;;/m0../s1. The molecule has 2 aliphatic rings. The van der Waals surface area contributed by atoms with Gasteiger partial charge in [0.05, 0.1) is 0 Å². The molecule has 1 atom stereocenters. The number of piperazine rings is 1. The fourth-order valence-corrected chi connectivity index (χ4v) is 2.82. The number of halogens is 4. The minimum Gasteiger partial charge on any atom is -0.395 e. The zero-order chi connectivity index (χ0) is 14.9. The molecule has 0 saturated carbocycles. The van der Waals surface area contributed by atoms with Crippen LogP contribution >= 0.6 is 24.8 Å². The summed E-state index contributed by atoms with van der Waals surface area (Å²) in [6.45, 7) is 7.49. The number of benzene rings is 1. The van der Waals surface area contributed by atoms with E-state index in [1.54, 1.807) is 12.1 Å². The van der Waals surface area contributed by atoms with Crippen molar-refractivity contribution in [2.75, 3.05) is 26.2 Å². The van der Waals surface area contributed by atoms with Crippen molar-refractivity contribution in [3.8, 4) is 11.5 Å². The molecule has 0 aromatic heterocycles. The van der Waals surface area contributed by atoms with Crippen molar-refractivity contribution in [2.45, 2.75) is 18.8 Å². The van der Waals surface area contributed by atoms with E-state index in [0.29, 0.717) is 0 Å². The highest BCUT2D eigenvalue weighted by Gasteiger charge is 2.43. The fraction of sp³-hybridized carbons (Fsp3) is 0.467. The lowest BCUT2D eigenvalue weighted by atomic mass is 10.0. The van der Waals surface area contributed by atoms with E-state index in [4.69, 9.17) is 0 Å². The van der Waals surface area contributed by atoms with Crippen LogP contribution in [-0.2, 0) is 0 Å². The van der Waals surface area contributed by atoms with Crippen molar-refractivity contribution < 1.29 is 18.3 Å². The molecule has 0 radical (unpaired) electrons. The van der Waals surface area contributed by atoms with Crippen molar-refractivity contribution in [1.82, 2.24) is 10.2 Å². The van der Waals surface area contributed by atoms with Crippen molar-refractivity contribution in [1.29, 1.82) is 0 Å². The van der Waals surface area contributed by atoms with Gasteiger partial charge >= 0.3 is 6.29 Å². The Bertz CT molecular complexity index is 540. The molecule has 2 aliphatic heterocycles. The molecule has 2 heterocycles. The summed E-state index contributed by atoms with van der Waals surface area (Å²) in [4.78, 5) is 2.33. The molecule has 0 bridgehead atoms. The first-order valence-electron chi connectivity index (χ1n) is 7.04. The van der Waals surface area contributed by atoms with Crippen LogP contribution in [0.2, 0.25) is 0 Å². The second-order valence-electron chi connectivity index (χ2n) is 5.20. The predicted molar refractivity (Wildman–Crippen MR) is 89.1 cm³/mol.